The van der Waals surface area contributed by atoms with Gasteiger partial charge in [0.25, 0.3) is 0 Å². The number of nitrogens with two attached hydrogens (primary N) is 1. The number of aromatic amines is 1. The van der Waals surface area contributed by atoms with E-state index < -0.39 is 0 Å². The number of benzene rings is 1. The topological polar surface area (TPSA) is 51.0 Å². The Morgan fingerprint density at radius 3 is 2.84 bits per heavy atom. The monoisotopic (exact) mass is 258 g/mol. The van der Waals surface area contributed by atoms with Crippen LogP contribution in [0.1, 0.15) is 25.0 Å². The molecule has 102 valence electrons. The molecule has 0 aliphatic heterocycles. The van der Waals surface area contributed by atoms with Crippen LogP contribution in [-0.4, -0.2) is 18.1 Å². The summed E-state index contributed by atoms with van der Waals surface area (Å²) in [6.45, 7) is 5.39. The first-order chi connectivity index (χ1) is 9.31. The number of aromatic nitrogens is 1. The first-order valence-electron chi connectivity index (χ1n) is 6.87. The van der Waals surface area contributed by atoms with Crippen LogP contribution in [0.15, 0.2) is 30.5 Å². The van der Waals surface area contributed by atoms with Crippen molar-refractivity contribution in [2.45, 2.75) is 26.7 Å². The van der Waals surface area contributed by atoms with E-state index >= 15 is 0 Å². The molecule has 3 heteroatoms. The van der Waals surface area contributed by atoms with Gasteiger partial charge in [0.05, 0.1) is 12.1 Å². The van der Waals surface area contributed by atoms with Gasteiger partial charge in [-0.25, -0.2) is 0 Å². The number of fused-ring (bicyclic) bond motifs is 1. The standard InChI is InChI=1S/C16H22N2O/c1-3-5-6-12-7-8-14-13(9-10-17)11-18-15(14)16(12)19-4-2/h3,5,7-8,11,18H,4,6,9-10,17H2,1-2H3/b5-3+. The molecule has 0 saturated heterocycles. The fourth-order valence-corrected chi connectivity index (χ4v) is 2.35. The Bertz CT molecular complexity index is 569. The van der Waals surface area contributed by atoms with Crippen molar-refractivity contribution in [3.8, 4) is 5.75 Å². The molecule has 1 heterocycles. The molecule has 0 bridgehead atoms. The Balaban J connectivity index is 2.50. The van der Waals surface area contributed by atoms with E-state index in [2.05, 4.69) is 29.3 Å². The highest BCUT2D eigenvalue weighted by Crippen LogP contribution is 2.32. The van der Waals surface area contributed by atoms with Crippen molar-refractivity contribution < 1.29 is 4.74 Å². The molecule has 3 N–H and O–H groups in total. The van der Waals surface area contributed by atoms with Crippen molar-refractivity contribution in [1.29, 1.82) is 0 Å². The average molecular weight is 258 g/mol. The molecule has 0 fully saturated rings. The molecule has 1 aromatic heterocycles. The summed E-state index contributed by atoms with van der Waals surface area (Å²) in [5, 5.41) is 1.22. The lowest BCUT2D eigenvalue weighted by Gasteiger charge is -2.10. The second kappa shape index (κ2) is 6.43. The molecular weight excluding hydrogens is 236 g/mol. The Labute approximate surface area is 114 Å². The van der Waals surface area contributed by atoms with Crippen LogP contribution in [0.25, 0.3) is 10.9 Å². The maximum atomic E-state index is 5.84. The highest BCUT2D eigenvalue weighted by Gasteiger charge is 2.12. The number of hydrogen-bond acceptors (Lipinski definition) is 2. The third-order valence-electron chi connectivity index (χ3n) is 3.25. The van der Waals surface area contributed by atoms with E-state index in [1.807, 2.05) is 20.0 Å². The molecule has 2 aromatic rings. The predicted octanol–water partition coefficient (Wildman–Crippen LogP) is 3.19. The summed E-state index contributed by atoms with van der Waals surface area (Å²) in [6.07, 6.45) is 8.04. The normalized spacial score (nSPS) is 11.5. The molecule has 0 atom stereocenters. The van der Waals surface area contributed by atoms with Gasteiger partial charge < -0.3 is 15.5 Å². The highest BCUT2D eigenvalue weighted by atomic mass is 16.5. The van der Waals surface area contributed by atoms with Gasteiger partial charge in [0.15, 0.2) is 0 Å². The van der Waals surface area contributed by atoms with E-state index in [-0.39, 0.29) is 0 Å². The summed E-state index contributed by atoms with van der Waals surface area (Å²) < 4.78 is 5.84. The minimum Gasteiger partial charge on any atom is -0.491 e. The van der Waals surface area contributed by atoms with Gasteiger partial charge >= 0.3 is 0 Å². The van der Waals surface area contributed by atoms with Crippen molar-refractivity contribution >= 4 is 10.9 Å². The molecule has 3 nitrogen and oxygen atoms in total. The van der Waals surface area contributed by atoms with E-state index in [1.54, 1.807) is 0 Å². The van der Waals surface area contributed by atoms with Crippen LogP contribution < -0.4 is 10.5 Å². The van der Waals surface area contributed by atoms with Gasteiger partial charge in [0.2, 0.25) is 0 Å². The van der Waals surface area contributed by atoms with E-state index in [0.717, 1.165) is 24.1 Å². The van der Waals surface area contributed by atoms with E-state index in [9.17, 15) is 0 Å². The number of allylic oxidation sites excluding steroid dienone is 2. The number of hydrogen-bond donors (Lipinski definition) is 2. The number of nitrogens with one attached hydrogen (secondary N) is 1. The van der Waals surface area contributed by atoms with Crippen molar-refractivity contribution in [2.75, 3.05) is 13.2 Å². The summed E-state index contributed by atoms with van der Waals surface area (Å²) in [7, 11) is 0. The van der Waals surface area contributed by atoms with Gasteiger partial charge in [-0.05, 0) is 38.8 Å². The second-order valence-corrected chi connectivity index (χ2v) is 4.54. The molecule has 0 radical (unpaired) electrons. The molecule has 0 saturated carbocycles. The molecule has 2 rings (SSSR count). The minimum atomic E-state index is 0.664. The zero-order chi connectivity index (χ0) is 13.7. The molecular formula is C16H22N2O. The van der Waals surface area contributed by atoms with E-state index in [1.165, 1.54) is 16.5 Å². The Hall–Kier alpha value is -1.74. The average Bonchev–Trinajstić information content (AvgIpc) is 2.82. The lowest BCUT2D eigenvalue weighted by atomic mass is 10.0. The zero-order valence-corrected chi connectivity index (χ0v) is 11.7. The van der Waals surface area contributed by atoms with Crippen LogP contribution in [0.2, 0.25) is 0 Å². The van der Waals surface area contributed by atoms with E-state index in [0.29, 0.717) is 13.2 Å². The number of rotatable bonds is 6. The third kappa shape index (κ3) is 2.82. The third-order valence-corrected chi connectivity index (χ3v) is 3.25. The Morgan fingerprint density at radius 1 is 1.32 bits per heavy atom. The first kappa shape index (κ1) is 13.7. The van der Waals surface area contributed by atoms with Crippen LogP contribution in [-0.2, 0) is 12.8 Å². The van der Waals surface area contributed by atoms with Crippen molar-refractivity contribution in [3.05, 3.63) is 41.6 Å². The summed E-state index contributed by atoms with van der Waals surface area (Å²) in [5.74, 6) is 0.973. The zero-order valence-electron chi connectivity index (χ0n) is 11.7. The van der Waals surface area contributed by atoms with Gasteiger partial charge in [0, 0.05) is 17.1 Å². The molecule has 19 heavy (non-hydrogen) atoms. The summed E-state index contributed by atoms with van der Waals surface area (Å²) in [6, 6.07) is 4.32. The molecule has 0 aliphatic carbocycles. The smallest absolute Gasteiger partial charge is 0.146 e. The predicted molar refractivity (Wildman–Crippen MR) is 80.7 cm³/mol. The number of H-pyrrole nitrogens is 1. The van der Waals surface area contributed by atoms with Crippen LogP contribution >= 0.6 is 0 Å². The molecule has 0 spiro atoms. The summed E-state index contributed by atoms with van der Waals surface area (Å²) in [5.41, 5.74) is 9.22. The van der Waals surface area contributed by atoms with Crippen molar-refractivity contribution in [2.24, 2.45) is 5.73 Å². The van der Waals surface area contributed by atoms with Gasteiger partial charge in [-0.1, -0.05) is 24.3 Å². The fourth-order valence-electron chi connectivity index (χ4n) is 2.35. The van der Waals surface area contributed by atoms with Crippen molar-refractivity contribution in [1.82, 2.24) is 4.98 Å². The van der Waals surface area contributed by atoms with E-state index in [4.69, 9.17) is 10.5 Å². The van der Waals surface area contributed by atoms with Gasteiger partial charge in [0.1, 0.15) is 5.75 Å². The van der Waals surface area contributed by atoms with Crippen LogP contribution in [0.3, 0.4) is 0 Å². The lowest BCUT2D eigenvalue weighted by Crippen LogP contribution is -2.02. The van der Waals surface area contributed by atoms with Crippen LogP contribution in [0, 0.1) is 0 Å². The number of ether oxygens (including phenoxy) is 1. The SMILES string of the molecule is C/C=C/Cc1ccc2c(CCN)c[nH]c2c1OCC. The highest BCUT2D eigenvalue weighted by molar-refractivity contribution is 5.89. The van der Waals surface area contributed by atoms with Gasteiger partial charge in [-0.2, -0.15) is 0 Å². The fraction of sp³-hybridized carbons (Fsp3) is 0.375. The Kier molecular flexibility index (Phi) is 4.63. The largest absolute Gasteiger partial charge is 0.491 e. The van der Waals surface area contributed by atoms with Gasteiger partial charge in [-0.15, -0.1) is 0 Å². The van der Waals surface area contributed by atoms with Crippen LogP contribution in [0.4, 0.5) is 0 Å². The molecule has 0 unspecified atom stereocenters. The summed E-state index contributed by atoms with van der Waals surface area (Å²) in [4.78, 5) is 3.34. The van der Waals surface area contributed by atoms with Crippen molar-refractivity contribution in [3.63, 3.8) is 0 Å². The molecule has 0 aliphatic rings. The quantitative estimate of drug-likeness (QED) is 0.782. The summed E-state index contributed by atoms with van der Waals surface area (Å²) >= 11 is 0. The second-order valence-electron chi connectivity index (χ2n) is 4.54. The molecule has 0 amide bonds. The maximum absolute atomic E-state index is 5.84. The van der Waals surface area contributed by atoms with Gasteiger partial charge in [-0.3, -0.25) is 0 Å². The Morgan fingerprint density at radius 2 is 2.16 bits per heavy atom. The first-order valence-corrected chi connectivity index (χ1v) is 6.87. The van der Waals surface area contributed by atoms with Crippen LogP contribution in [0.5, 0.6) is 5.75 Å². The lowest BCUT2D eigenvalue weighted by molar-refractivity contribution is 0.341. The minimum absolute atomic E-state index is 0.664. The molecule has 1 aromatic carbocycles. The maximum Gasteiger partial charge on any atom is 0.146 e.